The van der Waals surface area contributed by atoms with Crippen molar-refractivity contribution in [2.75, 3.05) is 11.9 Å². The highest BCUT2D eigenvalue weighted by molar-refractivity contribution is 6.30. The van der Waals surface area contributed by atoms with Gasteiger partial charge in [-0.1, -0.05) is 35.9 Å². The van der Waals surface area contributed by atoms with Gasteiger partial charge in [-0.2, -0.15) is 0 Å². The molecule has 1 saturated heterocycles. The van der Waals surface area contributed by atoms with E-state index >= 15 is 0 Å². The van der Waals surface area contributed by atoms with E-state index in [0.29, 0.717) is 11.4 Å². The van der Waals surface area contributed by atoms with Crippen LogP contribution in [0.4, 0.5) is 5.69 Å². The maximum atomic E-state index is 12.7. The summed E-state index contributed by atoms with van der Waals surface area (Å²) < 4.78 is 0. The van der Waals surface area contributed by atoms with Crippen molar-refractivity contribution in [3.05, 3.63) is 64.7 Å². The van der Waals surface area contributed by atoms with Gasteiger partial charge in [0, 0.05) is 23.8 Å². The summed E-state index contributed by atoms with van der Waals surface area (Å²) in [6.07, 6.45) is 0.690. The third kappa shape index (κ3) is 3.55. The van der Waals surface area contributed by atoms with E-state index in [9.17, 15) is 4.79 Å². The molecule has 5 heteroatoms. The van der Waals surface area contributed by atoms with Crippen LogP contribution in [0, 0.1) is 6.92 Å². The molecule has 1 fully saturated rings. The molecular weight excluding hydrogens is 310 g/mol. The Kier molecular flexibility index (Phi) is 4.66. The van der Waals surface area contributed by atoms with Crippen LogP contribution in [0.5, 0.6) is 0 Å². The van der Waals surface area contributed by atoms with Crippen LogP contribution >= 0.6 is 11.6 Å². The zero-order chi connectivity index (χ0) is 16.4. The first-order valence-corrected chi connectivity index (χ1v) is 8.03. The van der Waals surface area contributed by atoms with E-state index in [0.717, 1.165) is 16.8 Å². The maximum Gasteiger partial charge on any atom is 0.245 e. The predicted octanol–water partition coefficient (Wildman–Crippen LogP) is 3.22. The zero-order valence-electron chi connectivity index (χ0n) is 13.2. The van der Waals surface area contributed by atoms with Crippen LogP contribution in [0.2, 0.25) is 5.02 Å². The molecule has 0 aliphatic carbocycles. The molecule has 1 aliphatic rings. The van der Waals surface area contributed by atoms with Crippen LogP contribution in [0.25, 0.3) is 0 Å². The third-order valence-corrected chi connectivity index (χ3v) is 4.41. The minimum Gasteiger partial charge on any atom is -0.314 e. The lowest BCUT2D eigenvalue weighted by Gasteiger charge is -2.21. The molecule has 0 bridgehead atoms. The Bertz CT molecular complexity index is 719. The number of halogens is 1. The fraction of sp³-hybridized carbons (Fsp3) is 0.278. The van der Waals surface area contributed by atoms with Gasteiger partial charge in [0.1, 0.15) is 6.04 Å². The molecule has 0 radical (unpaired) electrons. The average Bonchev–Trinajstić information content (AvgIpc) is 3.03. The molecule has 1 amide bonds. The SMILES string of the molecule is Cc1cccc(N(C)C(=O)C2CC(c3cccc(Cl)c3)NN2)c1. The van der Waals surface area contributed by atoms with Gasteiger partial charge in [-0.25, -0.2) is 10.9 Å². The number of hydrogen-bond acceptors (Lipinski definition) is 3. The number of rotatable bonds is 3. The number of aryl methyl sites for hydroxylation is 1. The van der Waals surface area contributed by atoms with Crippen LogP contribution in [0.15, 0.2) is 48.5 Å². The molecule has 3 rings (SSSR count). The minimum absolute atomic E-state index is 0.0487. The molecule has 2 N–H and O–H groups in total. The summed E-state index contributed by atoms with van der Waals surface area (Å²) >= 11 is 6.04. The summed E-state index contributed by atoms with van der Waals surface area (Å²) in [6.45, 7) is 2.02. The molecule has 23 heavy (non-hydrogen) atoms. The van der Waals surface area contributed by atoms with Gasteiger partial charge in [0.05, 0.1) is 0 Å². The number of likely N-dealkylation sites (N-methyl/N-ethyl adjacent to an activating group) is 1. The number of amides is 1. The zero-order valence-corrected chi connectivity index (χ0v) is 14.0. The number of hydrazine groups is 1. The molecule has 0 saturated carbocycles. The molecule has 2 aromatic rings. The van der Waals surface area contributed by atoms with Gasteiger partial charge in [-0.15, -0.1) is 0 Å². The van der Waals surface area contributed by atoms with E-state index < -0.39 is 0 Å². The highest BCUT2D eigenvalue weighted by Gasteiger charge is 2.32. The van der Waals surface area contributed by atoms with E-state index in [4.69, 9.17) is 11.6 Å². The van der Waals surface area contributed by atoms with Crippen molar-refractivity contribution in [2.45, 2.75) is 25.4 Å². The monoisotopic (exact) mass is 329 g/mol. The number of anilines is 1. The number of nitrogens with zero attached hydrogens (tertiary/aromatic N) is 1. The summed E-state index contributed by atoms with van der Waals surface area (Å²) in [7, 11) is 1.81. The van der Waals surface area contributed by atoms with Crippen LogP contribution < -0.4 is 15.8 Å². The molecule has 2 aromatic carbocycles. The summed E-state index contributed by atoms with van der Waals surface area (Å²) in [4.78, 5) is 14.4. The Morgan fingerprint density at radius 2 is 1.96 bits per heavy atom. The van der Waals surface area contributed by atoms with E-state index in [1.807, 2.05) is 62.5 Å². The topological polar surface area (TPSA) is 44.4 Å². The summed E-state index contributed by atoms with van der Waals surface area (Å²) in [5.41, 5.74) is 9.42. The first-order chi connectivity index (χ1) is 11.0. The number of benzene rings is 2. The van der Waals surface area contributed by atoms with Crippen LogP contribution in [-0.2, 0) is 4.79 Å². The highest BCUT2D eigenvalue weighted by atomic mass is 35.5. The predicted molar refractivity (Wildman–Crippen MR) is 93.5 cm³/mol. The number of hydrogen-bond donors (Lipinski definition) is 2. The molecule has 0 aromatic heterocycles. The second-order valence-corrected chi connectivity index (χ2v) is 6.36. The Balaban J connectivity index is 1.70. The van der Waals surface area contributed by atoms with Gasteiger partial charge in [-0.05, 0) is 48.7 Å². The van der Waals surface area contributed by atoms with Crippen molar-refractivity contribution in [1.82, 2.24) is 10.9 Å². The van der Waals surface area contributed by atoms with Crippen molar-refractivity contribution in [2.24, 2.45) is 0 Å². The normalized spacial score (nSPS) is 20.5. The lowest BCUT2D eigenvalue weighted by molar-refractivity contribution is -0.120. The fourth-order valence-corrected chi connectivity index (χ4v) is 3.06. The second kappa shape index (κ2) is 6.71. The largest absolute Gasteiger partial charge is 0.314 e. The van der Waals surface area contributed by atoms with E-state index in [2.05, 4.69) is 10.9 Å². The summed E-state index contributed by atoms with van der Waals surface area (Å²) in [6, 6.07) is 15.5. The number of carbonyl (C=O) groups excluding carboxylic acids is 1. The number of carbonyl (C=O) groups is 1. The average molecular weight is 330 g/mol. The van der Waals surface area contributed by atoms with Crippen molar-refractivity contribution in [3.8, 4) is 0 Å². The highest BCUT2D eigenvalue weighted by Crippen LogP contribution is 2.26. The molecule has 0 spiro atoms. The third-order valence-electron chi connectivity index (χ3n) is 4.17. The first-order valence-electron chi connectivity index (χ1n) is 7.65. The second-order valence-electron chi connectivity index (χ2n) is 5.92. The molecule has 2 atom stereocenters. The Hall–Kier alpha value is -1.88. The minimum atomic E-state index is -0.260. The molecular formula is C18H20ClN3O. The Morgan fingerprint density at radius 3 is 2.70 bits per heavy atom. The summed E-state index contributed by atoms with van der Waals surface area (Å²) in [5.74, 6) is 0.0487. The standard InChI is InChI=1S/C18H20ClN3O/c1-12-5-3-8-15(9-12)22(2)18(23)17-11-16(20-21-17)13-6-4-7-14(19)10-13/h3-10,16-17,20-21H,11H2,1-2H3. The van der Waals surface area contributed by atoms with Gasteiger partial charge in [0.2, 0.25) is 5.91 Å². The smallest absolute Gasteiger partial charge is 0.245 e. The van der Waals surface area contributed by atoms with Gasteiger partial charge in [0.15, 0.2) is 0 Å². The fourth-order valence-electron chi connectivity index (χ4n) is 2.86. The molecule has 2 unspecified atom stereocenters. The summed E-state index contributed by atoms with van der Waals surface area (Å²) in [5, 5.41) is 0.705. The van der Waals surface area contributed by atoms with Gasteiger partial charge < -0.3 is 4.90 Å². The van der Waals surface area contributed by atoms with Gasteiger partial charge in [0.25, 0.3) is 0 Å². The van der Waals surface area contributed by atoms with Crippen LogP contribution in [0.1, 0.15) is 23.6 Å². The van der Waals surface area contributed by atoms with Crippen molar-refractivity contribution >= 4 is 23.2 Å². The molecule has 1 aliphatic heterocycles. The quantitative estimate of drug-likeness (QED) is 0.908. The van der Waals surface area contributed by atoms with E-state index in [1.54, 1.807) is 4.90 Å². The lowest BCUT2D eigenvalue weighted by atomic mass is 10.0. The van der Waals surface area contributed by atoms with Crippen LogP contribution in [0.3, 0.4) is 0 Å². The van der Waals surface area contributed by atoms with Crippen molar-refractivity contribution < 1.29 is 4.79 Å². The van der Waals surface area contributed by atoms with Gasteiger partial charge >= 0.3 is 0 Å². The van der Waals surface area contributed by atoms with E-state index in [1.165, 1.54) is 0 Å². The first kappa shape index (κ1) is 16.0. The Labute approximate surface area is 141 Å². The Morgan fingerprint density at radius 1 is 1.17 bits per heavy atom. The molecule has 4 nitrogen and oxygen atoms in total. The van der Waals surface area contributed by atoms with Crippen molar-refractivity contribution in [1.29, 1.82) is 0 Å². The molecule has 1 heterocycles. The maximum absolute atomic E-state index is 12.7. The van der Waals surface area contributed by atoms with Crippen molar-refractivity contribution in [3.63, 3.8) is 0 Å². The van der Waals surface area contributed by atoms with Gasteiger partial charge in [-0.3, -0.25) is 4.79 Å². The van der Waals surface area contributed by atoms with E-state index in [-0.39, 0.29) is 18.0 Å². The lowest BCUT2D eigenvalue weighted by Crippen LogP contribution is -2.44. The van der Waals surface area contributed by atoms with Crippen LogP contribution in [-0.4, -0.2) is 19.0 Å². The molecule has 120 valence electrons. The number of nitrogens with one attached hydrogen (secondary N) is 2.